The Hall–Kier alpha value is -1.89. The predicted octanol–water partition coefficient (Wildman–Crippen LogP) is 4.32. The van der Waals surface area contributed by atoms with Gasteiger partial charge < -0.3 is 9.47 Å². The van der Waals surface area contributed by atoms with Gasteiger partial charge in [-0.3, -0.25) is 0 Å². The van der Waals surface area contributed by atoms with Crippen molar-refractivity contribution in [3.8, 4) is 0 Å². The molecule has 0 saturated carbocycles. The van der Waals surface area contributed by atoms with Gasteiger partial charge in [0.15, 0.2) is 0 Å². The van der Waals surface area contributed by atoms with Crippen molar-refractivity contribution >= 4 is 35.8 Å². The van der Waals surface area contributed by atoms with E-state index in [-0.39, 0.29) is 11.0 Å². The first-order valence-corrected chi connectivity index (χ1v) is 7.27. The molecule has 0 heterocycles. The molecule has 23 heavy (non-hydrogen) atoms. The van der Waals surface area contributed by atoms with Crippen LogP contribution in [0.1, 0.15) is 48.5 Å². The summed E-state index contributed by atoms with van der Waals surface area (Å²) in [5.74, 6) is 0. The molecule has 0 aliphatic heterocycles. The monoisotopic (exact) mass is 345 g/mol. The van der Waals surface area contributed by atoms with Crippen LogP contribution in [0, 0.1) is 0 Å². The summed E-state index contributed by atoms with van der Waals surface area (Å²) in [4.78, 5) is 32.5. The van der Waals surface area contributed by atoms with Crippen molar-refractivity contribution in [1.82, 2.24) is 4.90 Å². The Morgan fingerprint density at radius 2 is 1.43 bits per heavy atom. The number of allylic oxidation sites excluding steroid dienone is 1. The molecule has 0 aliphatic carbocycles. The van der Waals surface area contributed by atoms with E-state index in [4.69, 9.17) is 21.1 Å². The van der Waals surface area contributed by atoms with E-state index in [1.807, 2.05) is 0 Å². The van der Waals surface area contributed by atoms with Crippen molar-refractivity contribution in [2.75, 3.05) is 0 Å². The fraction of sp³-hybridized carbons (Fsp3) is 0.600. The molecular weight excluding hydrogens is 322 g/mol. The summed E-state index contributed by atoms with van der Waals surface area (Å²) in [6.45, 7) is 14.8. The van der Waals surface area contributed by atoms with Crippen LogP contribution in [0.4, 0.5) is 9.59 Å². The first-order chi connectivity index (χ1) is 10.3. The molecule has 0 N–H and O–H groups in total. The molecule has 0 fully saturated rings. The van der Waals surface area contributed by atoms with Gasteiger partial charge in [-0.25, -0.2) is 19.6 Å². The number of rotatable bonds is 2. The van der Waals surface area contributed by atoms with Gasteiger partial charge in [0.05, 0.1) is 11.9 Å². The molecule has 0 atom stereocenters. The minimum atomic E-state index is -0.876. The van der Waals surface area contributed by atoms with E-state index in [0.717, 1.165) is 4.90 Å². The van der Waals surface area contributed by atoms with E-state index in [1.54, 1.807) is 41.5 Å². The third kappa shape index (κ3) is 8.97. The van der Waals surface area contributed by atoms with Gasteiger partial charge in [-0.2, -0.15) is 4.90 Å². The molecule has 0 aliphatic rings. The van der Waals surface area contributed by atoms with E-state index in [2.05, 4.69) is 16.7 Å². The topological polar surface area (TPSA) is 80.6 Å². The Morgan fingerprint density at radius 1 is 1.04 bits per heavy atom. The average molecular weight is 346 g/mol. The number of carbonyl (C=O) groups is 2. The molecule has 130 valence electrons. The van der Waals surface area contributed by atoms with Crippen LogP contribution in [0.25, 0.3) is 0 Å². The first-order valence-electron chi connectivity index (χ1n) is 6.89. The average Bonchev–Trinajstić information content (AvgIpc) is 2.31. The lowest BCUT2D eigenvalue weighted by molar-refractivity contribution is 0.00831. The maximum absolute atomic E-state index is 12.3. The third-order valence-corrected chi connectivity index (χ3v) is 2.21. The molecule has 7 nitrogen and oxygen atoms in total. The smallest absolute Gasteiger partial charge is 0.424 e. The maximum Gasteiger partial charge on any atom is 0.424 e. The highest BCUT2D eigenvalue weighted by Gasteiger charge is 2.32. The second-order valence-electron chi connectivity index (χ2n) is 6.62. The molecular formula is C15H24ClN3O4. The zero-order chi connectivity index (χ0) is 18.4. The number of halogens is 1. The molecule has 0 spiro atoms. The number of amides is 2. The molecule has 0 radical (unpaired) electrons. The summed E-state index contributed by atoms with van der Waals surface area (Å²) in [5.41, 5.74) is -1.39. The van der Waals surface area contributed by atoms with Gasteiger partial charge in [-0.05, 0) is 66.8 Å². The predicted molar refractivity (Wildman–Crippen MR) is 90.9 cm³/mol. The summed E-state index contributed by atoms with van der Waals surface area (Å²) in [6, 6.07) is 0. The minimum Gasteiger partial charge on any atom is -0.443 e. The summed E-state index contributed by atoms with van der Waals surface area (Å²) < 4.78 is 10.4. The molecule has 8 heteroatoms. The van der Waals surface area contributed by atoms with E-state index in [0.29, 0.717) is 0 Å². The lowest BCUT2D eigenvalue weighted by Crippen LogP contribution is -2.42. The number of imide groups is 1. The molecule has 0 aromatic rings. The van der Waals surface area contributed by atoms with Crippen molar-refractivity contribution in [2.45, 2.75) is 59.7 Å². The van der Waals surface area contributed by atoms with E-state index < -0.39 is 23.4 Å². The SMILES string of the molecule is C=NC(Cl)=N/C=C(\C)N(C(=O)OC(C)(C)C)C(=O)OC(C)(C)C. The number of ether oxygens (including phenoxy) is 2. The van der Waals surface area contributed by atoms with E-state index >= 15 is 0 Å². The standard InChI is InChI=1S/C15H24ClN3O4/c1-10(9-18-11(16)17-8)19(12(20)22-14(2,3)4)13(21)23-15(5,6)7/h9H,8H2,1-7H3/b10-9+,18-11?. The Morgan fingerprint density at radius 3 is 1.74 bits per heavy atom. The van der Waals surface area contributed by atoms with Crippen LogP contribution in [0.2, 0.25) is 0 Å². The summed E-state index contributed by atoms with van der Waals surface area (Å²) >= 11 is 5.61. The van der Waals surface area contributed by atoms with Crippen molar-refractivity contribution in [1.29, 1.82) is 0 Å². The zero-order valence-electron chi connectivity index (χ0n) is 14.6. The highest BCUT2D eigenvalue weighted by atomic mass is 35.5. The fourth-order valence-electron chi connectivity index (χ4n) is 1.22. The third-order valence-electron chi connectivity index (χ3n) is 1.99. The first kappa shape index (κ1) is 21.1. The quantitative estimate of drug-likeness (QED) is 0.424. The lowest BCUT2D eigenvalue weighted by Gasteiger charge is -2.28. The summed E-state index contributed by atoms with van der Waals surface area (Å²) in [7, 11) is 0. The van der Waals surface area contributed by atoms with E-state index in [9.17, 15) is 9.59 Å². The Kier molecular flexibility index (Phi) is 7.43. The normalized spacial score (nSPS) is 13.4. The van der Waals surface area contributed by atoms with Crippen LogP contribution in [0.5, 0.6) is 0 Å². The van der Waals surface area contributed by atoms with Crippen LogP contribution in [-0.2, 0) is 9.47 Å². The molecule has 0 bridgehead atoms. The highest BCUT2D eigenvalue weighted by Crippen LogP contribution is 2.18. The van der Waals surface area contributed by atoms with Gasteiger partial charge in [0.1, 0.15) is 11.2 Å². The molecule has 0 aromatic heterocycles. The Labute approximate surface area is 142 Å². The number of aliphatic imine (C=N–C) groups is 2. The molecule has 0 unspecified atom stereocenters. The van der Waals surface area contributed by atoms with Crippen LogP contribution in [0.3, 0.4) is 0 Å². The van der Waals surface area contributed by atoms with Gasteiger partial charge in [0.25, 0.3) is 0 Å². The number of nitrogens with zero attached hydrogens (tertiary/aromatic N) is 3. The molecule has 2 amide bonds. The number of hydrogen-bond donors (Lipinski definition) is 0. The molecule has 0 saturated heterocycles. The zero-order valence-corrected chi connectivity index (χ0v) is 15.4. The summed E-state index contributed by atoms with van der Waals surface area (Å²) in [5, 5.41) is -0.127. The number of carbonyl (C=O) groups excluding carboxylic acids is 2. The van der Waals surface area contributed by atoms with Crippen molar-refractivity contribution in [3.63, 3.8) is 0 Å². The van der Waals surface area contributed by atoms with Gasteiger partial charge in [0.2, 0.25) is 5.29 Å². The van der Waals surface area contributed by atoms with Crippen LogP contribution in [-0.4, -0.2) is 40.3 Å². The van der Waals surface area contributed by atoms with Crippen molar-refractivity contribution in [3.05, 3.63) is 11.9 Å². The summed E-state index contributed by atoms with van der Waals surface area (Å²) in [6.07, 6.45) is -0.554. The molecule has 0 aromatic carbocycles. The Balaban J connectivity index is 5.58. The second kappa shape index (κ2) is 8.10. The van der Waals surface area contributed by atoms with Crippen LogP contribution < -0.4 is 0 Å². The van der Waals surface area contributed by atoms with Gasteiger partial charge >= 0.3 is 12.2 Å². The van der Waals surface area contributed by atoms with Crippen LogP contribution >= 0.6 is 11.6 Å². The fourth-order valence-corrected chi connectivity index (χ4v) is 1.27. The van der Waals surface area contributed by atoms with Crippen molar-refractivity contribution in [2.24, 2.45) is 9.98 Å². The van der Waals surface area contributed by atoms with Gasteiger partial charge in [0, 0.05) is 0 Å². The van der Waals surface area contributed by atoms with Crippen LogP contribution in [0.15, 0.2) is 21.9 Å². The van der Waals surface area contributed by atoms with Gasteiger partial charge in [-0.1, -0.05) is 0 Å². The number of hydrogen-bond acceptors (Lipinski definition) is 5. The molecule has 0 rings (SSSR count). The lowest BCUT2D eigenvalue weighted by atomic mass is 10.2. The highest BCUT2D eigenvalue weighted by molar-refractivity contribution is 6.65. The van der Waals surface area contributed by atoms with Crippen molar-refractivity contribution < 1.29 is 19.1 Å². The maximum atomic E-state index is 12.3. The largest absolute Gasteiger partial charge is 0.443 e. The number of amidine groups is 1. The minimum absolute atomic E-state index is 0.127. The van der Waals surface area contributed by atoms with Gasteiger partial charge in [-0.15, -0.1) is 0 Å². The Bertz CT molecular complexity index is 500. The van der Waals surface area contributed by atoms with E-state index in [1.165, 1.54) is 13.1 Å². The second-order valence-corrected chi connectivity index (χ2v) is 6.96.